The fourth-order valence-electron chi connectivity index (χ4n) is 4.31. The maximum atomic E-state index is 13.0. The third kappa shape index (κ3) is 5.13. The number of rotatable bonds is 5. The number of nitrogens with one attached hydrogen (secondary N) is 2. The van der Waals surface area contributed by atoms with Gasteiger partial charge < -0.3 is 4.90 Å². The van der Waals surface area contributed by atoms with E-state index in [1.807, 2.05) is 35.2 Å². The molecule has 2 fully saturated rings. The van der Waals surface area contributed by atoms with Crippen LogP contribution < -0.4 is 5.69 Å². The van der Waals surface area contributed by atoms with Crippen LogP contribution in [0.15, 0.2) is 40.5 Å². The van der Waals surface area contributed by atoms with Gasteiger partial charge in [-0.1, -0.05) is 30.3 Å². The number of piperidine rings is 2. The van der Waals surface area contributed by atoms with Crippen molar-refractivity contribution in [1.29, 1.82) is 0 Å². The number of hydrogen-bond donors (Lipinski definition) is 2. The van der Waals surface area contributed by atoms with Crippen molar-refractivity contribution in [2.45, 2.75) is 31.6 Å². The second-order valence-corrected chi connectivity index (χ2v) is 9.94. The van der Waals surface area contributed by atoms with Gasteiger partial charge in [0.25, 0.3) is 0 Å². The summed E-state index contributed by atoms with van der Waals surface area (Å²) in [4.78, 5) is 28.9. The van der Waals surface area contributed by atoms with Crippen LogP contribution in [0.1, 0.15) is 43.0 Å². The van der Waals surface area contributed by atoms with Crippen molar-refractivity contribution in [1.82, 2.24) is 24.4 Å². The Kier molecular flexibility index (Phi) is 6.38. The molecule has 4 rings (SSSR count). The molecule has 2 aliphatic heterocycles. The van der Waals surface area contributed by atoms with E-state index in [0.29, 0.717) is 44.8 Å². The van der Waals surface area contributed by atoms with E-state index in [1.54, 1.807) is 6.08 Å². The molecule has 31 heavy (non-hydrogen) atoms. The number of H-pyrrole nitrogens is 2. The number of aromatic nitrogens is 3. The monoisotopic (exact) mass is 445 g/mol. The normalized spacial score (nSPS) is 21.5. The predicted molar refractivity (Wildman–Crippen MR) is 116 cm³/mol. The van der Waals surface area contributed by atoms with Gasteiger partial charge in [0.15, 0.2) is 0 Å². The number of benzene rings is 1. The molecule has 0 radical (unpaired) electrons. The van der Waals surface area contributed by atoms with E-state index >= 15 is 0 Å². The molecular weight excluding hydrogens is 418 g/mol. The van der Waals surface area contributed by atoms with Crippen molar-refractivity contribution < 1.29 is 13.2 Å². The SMILES string of the molecule is O=C(C1CCN(S(=O)(=O)C=Cc2ccccc2)CC1)N1CCCC(c2n[nH]c(=O)[nH]2)C1. The summed E-state index contributed by atoms with van der Waals surface area (Å²) in [5.41, 5.74) is 0.488. The largest absolute Gasteiger partial charge is 0.342 e. The third-order valence-corrected chi connectivity index (χ3v) is 7.60. The van der Waals surface area contributed by atoms with E-state index in [4.69, 9.17) is 0 Å². The molecule has 2 aliphatic rings. The number of sulfonamides is 1. The number of amides is 1. The highest BCUT2D eigenvalue weighted by atomic mass is 32.2. The summed E-state index contributed by atoms with van der Waals surface area (Å²) in [7, 11) is -3.52. The summed E-state index contributed by atoms with van der Waals surface area (Å²) >= 11 is 0. The maximum absolute atomic E-state index is 13.0. The molecule has 2 saturated heterocycles. The van der Waals surface area contributed by atoms with Gasteiger partial charge in [-0.2, -0.15) is 9.40 Å². The molecule has 1 aromatic heterocycles. The van der Waals surface area contributed by atoms with E-state index < -0.39 is 10.0 Å². The first-order valence-electron chi connectivity index (χ1n) is 10.6. The summed E-state index contributed by atoms with van der Waals surface area (Å²) in [5, 5.41) is 7.63. The van der Waals surface area contributed by atoms with Crippen LogP contribution in [0, 0.1) is 5.92 Å². The van der Waals surface area contributed by atoms with Gasteiger partial charge in [-0.15, -0.1) is 0 Å². The number of nitrogens with zero attached hydrogens (tertiary/aromatic N) is 3. The minimum Gasteiger partial charge on any atom is -0.342 e. The number of aromatic amines is 2. The first-order valence-corrected chi connectivity index (χ1v) is 12.1. The summed E-state index contributed by atoms with van der Waals surface area (Å²) < 4.78 is 26.7. The number of hydrogen-bond acceptors (Lipinski definition) is 5. The Morgan fingerprint density at radius 1 is 1.10 bits per heavy atom. The van der Waals surface area contributed by atoms with Gasteiger partial charge in [0.05, 0.1) is 0 Å². The third-order valence-electron chi connectivity index (χ3n) is 6.03. The van der Waals surface area contributed by atoms with Crippen LogP contribution in [0.3, 0.4) is 0 Å². The lowest BCUT2D eigenvalue weighted by Gasteiger charge is -2.36. The zero-order chi connectivity index (χ0) is 21.8. The second kappa shape index (κ2) is 9.19. The first kappa shape index (κ1) is 21.5. The lowest BCUT2D eigenvalue weighted by molar-refractivity contribution is -0.138. The fraction of sp³-hybridized carbons (Fsp3) is 0.476. The molecule has 9 nitrogen and oxygen atoms in total. The zero-order valence-corrected chi connectivity index (χ0v) is 18.1. The predicted octanol–water partition coefficient (Wildman–Crippen LogP) is 1.52. The lowest BCUT2D eigenvalue weighted by atomic mass is 9.92. The Morgan fingerprint density at radius 2 is 1.84 bits per heavy atom. The van der Waals surface area contributed by atoms with E-state index in [2.05, 4.69) is 15.2 Å². The highest BCUT2D eigenvalue weighted by Gasteiger charge is 2.34. The summed E-state index contributed by atoms with van der Waals surface area (Å²) in [6.45, 7) is 1.88. The zero-order valence-electron chi connectivity index (χ0n) is 17.2. The Labute approximate surface area is 181 Å². The minimum atomic E-state index is -3.52. The molecule has 10 heteroatoms. The highest BCUT2D eigenvalue weighted by Crippen LogP contribution is 2.28. The van der Waals surface area contributed by atoms with E-state index in [1.165, 1.54) is 9.71 Å². The molecular formula is C21H27N5O4S. The Hall–Kier alpha value is -2.72. The van der Waals surface area contributed by atoms with Gasteiger partial charge in [0.2, 0.25) is 15.9 Å². The molecule has 1 aromatic carbocycles. The van der Waals surface area contributed by atoms with E-state index in [9.17, 15) is 18.0 Å². The van der Waals surface area contributed by atoms with Crippen LogP contribution >= 0.6 is 0 Å². The molecule has 0 bridgehead atoms. The smallest absolute Gasteiger partial charge is 0.340 e. The topological polar surface area (TPSA) is 119 Å². The Bertz CT molecular complexity index is 1080. The second-order valence-electron chi connectivity index (χ2n) is 8.12. The van der Waals surface area contributed by atoms with Crippen LogP contribution in [-0.4, -0.2) is 64.9 Å². The highest BCUT2D eigenvalue weighted by molar-refractivity contribution is 7.92. The number of likely N-dealkylation sites (tertiary alicyclic amines) is 1. The van der Waals surface area contributed by atoms with Crippen LogP contribution in [0.4, 0.5) is 0 Å². The average Bonchev–Trinajstić information content (AvgIpc) is 3.24. The number of carbonyl (C=O) groups excluding carboxylic acids is 1. The van der Waals surface area contributed by atoms with Crippen molar-refractivity contribution in [2.75, 3.05) is 26.2 Å². The standard InChI is InChI=1S/C21H27N5O4S/c27-20(25-11-4-7-18(15-25)19-22-21(28)24-23-19)17-8-12-26(13-9-17)31(29,30)14-10-16-5-2-1-3-6-16/h1-3,5-6,10,14,17-18H,4,7-9,11-13,15H2,(H2,22,23,24,28). The molecule has 166 valence electrons. The van der Waals surface area contributed by atoms with Gasteiger partial charge in [-0.25, -0.2) is 18.3 Å². The molecule has 1 unspecified atom stereocenters. The molecule has 2 N–H and O–H groups in total. The average molecular weight is 446 g/mol. The van der Waals surface area contributed by atoms with Crippen molar-refractivity contribution in [2.24, 2.45) is 5.92 Å². The molecule has 1 amide bonds. The van der Waals surface area contributed by atoms with Crippen LogP contribution in [0.25, 0.3) is 6.08 Å². The molecule has 2 aromatic rings. The fourth-order valence-corrected chi connectivity index (χ4v) is 5.53. The van der Waals surface area contributed by atoms with Crippen LogP contribution in [0.2, 0.25) is 0 Å². The first-order chi connectivity index (χ1) is 14.9. The molecule has 0 spiro atoms. The van der Waals surface area contributed by atoms with Gasteiger partial charge >= 0.3 is 5.69 Å². The van der Waals surface area contributed by atoms with Crippen LogP contribution in [-0.2, 0) is 14.8 Å². The van der Waals surface area contributed by atoms with Crippen molar-refractivity contribution in [3.8, 4) is 0 Å². The van der Waals surface area contributed by atoms with Crippen molar-refractivity contribution >= 4 is 22.0 Å². The van der Waals surface area contributed by atoms with Gasteiger partial charge in [-0.3, -0.25) is 9.78 Å². The van der Waals surface area contributed by atoms with Crippen molar-refractivity contribution in [3.63, 3.8) is 0 Å². The number of carbonyl (C=O) groups is 1. The summed E-state index contributed by atoms with van der Waals surface area (Å²) in [6.07, 6.45) is 4.34. The van der Waals surface area contributed by atoms with Crippen molar-refractivity contribution in [3.05, 3.63) is 57.6 Å². The maximum Gasteiger partial charge on any atom is 0.340 e. The molecule has 0 saturated carbocycles. The molecule has 3 heterocycles. The molecule has 0 aliphatic carbocycles. The van der Waals surface area contributed by atoms with Gasteiger partial charge in [0, 0.05) is 43.4 Å². The Morgan fingerprint density at radius 3 is 2.52 bits per heavy atom. The lowest BCUT2D eigenvalue weighted by Crippen LogP contribution is -2.46. The van der Waals surface area contributed by atoms with Crippen LogP contribution in [0.5, 0.6) is 0 Å². The minimum absolute atomic E-state index is 0.0141. The van der Waals surface area contributed by atoms with E-state index in [0.717, 1.165) is 18.4 Å². The Balaban J connectivity index is 1.33. The quantitative estimate of drug-likeness (QED) is 0.723. The summed E-state index contributed by atoms with van der Waals surface area (Å²) in [5.74, 6) is 0.495. The molecule has 1 atom stereocenters. The van der Waals surface area contributed by atoms with E-state index in [-0.39, 0.29) is 23.4 Å². The summed E-state index contributed by atoms with van der Waals surface area (Å²) in [6, 6.07) is 9.30. The van der Waals surface area contributed by atoms with Gasteiger partial charge in [-0.05, 0) is 37.3 Å². The van der Waals surface area contributed by atoms with Gasteiger partial charge in [0.1, 0.15) is 5.82 Å².